The Balaban J connectivity index is 2.24. The molecule has 0 bridgehead atoms. The van der Waals surface area contributed by atoms with E-state index in [0.29, 0.717) is 22.1 Å². The maximum atomic E-state index is 12.4. The molecule has 0 radical (unpaired) electrons. The minimum Gasteiger partial charge on any atom is -0.398 e. The number of anilines is 2. The Morgan fingerprint density at radius 1 is 1.38 bits per heavy atom. The molecule has 1 amide bonds. The molecule has 1 unspecified atom stereocenters. The number of aryl methyl sites for hydroxylation is 1. The molecule has 0 aliphatic carbocycles. The van der Waals surface area contributed by atoms with E-state index >= 15 is 0 Å². The predicted octanol–water partition coefficient (Wildman–Crippen LogP) is 3.24. The Kier molecular flexibility index (Phi) is 4.23. The van der Waals surface area contributed by atoms with E-state index < -0.39 is 6.04 Å². The first-order valence-corrected chi connectivity index (χ1v) is 7.08. The van der Waals surface area contributed by atoms with Gasteiger partial charge in [0.15, 0.2) is 0 Å². The van der Waals surface area contributed by atoms with Crippen LogP contribution in [0.4, 0.5) is 11.4 Å². The number of benzene rings is 1. The van der Waals surface area contributed by atoms with E-state index in [-0.39, 0.29) is 5.91 Å². The summed E-state index contributed by atoms with van der Waals surface area (Å²) in [6, 6.07) is 4.97. The van der Waals surface area contributed by atoms with Crippen molar-refractivity contribution in [3.8, 4) is 0 Å². The molecular formula is C15H19ClN4O. The van der Waals surface area contributed by atoms with Gasteiger partial charge >= 0.3 is 0 Å². The minimum absolute atomic E-state index is 0.161. The van der Waals surface area contributed by atoms with Crippen LogP contribution in [0.5, 0.6) is 0 Å². The van der Waals surface area contributed by atoms with E-state index in [1.165, 1.54) is 0 Å². The summed E-state index contributed by atoms with van der Waals surface area (Å²) in [7, 11) is 0. The zero-order valence-electron chi connectivity index (χ0n) is 12.6. The van der Waals surface area contributed by atoms with Crippen LogP contribution in [0, 0.1) is 20.8 Å². The van der Waals surface area contributed by atoms with Crippen LogP contribution in [0.2, 0.25) is 5.02 Å². The Morgan fingerprint density at radius 3 is 2.62 bits per heavy atom. The van der Waals surface area contributed by atoms with Gasteiger partial charge in [0.2, 0.25) is 5.91 Å². The van der Waals surface area contributed by atoms with Gasteiger partial charge in [0, 0.05) is 11.4 Å². The lowest BCUT2D eigenvalue weighted by Crippen LogP contribution is -2.25. The minimum atomic E-state index is -0.461. The number of hydrogen-bond donors (Lipinski definition) is 2. The summed E-state index contributed by atoms with van der Waals surface area (Å²) < 4.78 is 1.63. The van der Waals surface area contributed by atoms with Crippen molar-refractivity contribution in [1.82, 2.24) is 9.78 Å². The first-order valence-electron chi connectivity index (χ1n) is 6.70. The summed E-state index contributed by atoms with van der Waals surface area (Å²) in [4.78, 5) is 12.4. The second kappa shape index (κ2) is 5.77. The van der Waals surface area contributed by atoms with Crippen molar-refractivity contribution in [1.29, 1.82) is 0 Å². The molecule has 1 atom stereocenters. The van der Waals surface area contributed by atoms with Crippen LogP contribution in [0.1, 0.15) is 29.9 Å². The normalized spacial score (nSPS) is 12.2. The van der Waals surface area contributed by atoms with Crippen molar-refractivity contribution in [2.24, 2.45) is 0 Å². The fraction of sp³-hybridized carbons (Fsp3) is 0.333. The van der Waals surface area contributed by atoms with Crippen LogP contribution in [0.15, 0.2) is 18.2 Å². The molecule has 21 heavy (non-hydrogen) atoms. The number of rotatable bonds is 3. The molecule has 3 N–H and O–H groups in total. The standard InChI is InChI=1S/C15H19ClN4O/c1-8-12(17)6-5-7-13(8)18-15(21)11(4)20-10(3)14(16)9(2)19-20/h5-7,11H,17H2,1-4H3,(H,18,21). The van der Waals surface area contributed by atoms with Crippen LogP contribution in [-0.2, 0) is 4.79 Å². The third kappa shape index (κ3) is 2.88. The lowest BCUT2D eigenvalue weighted by molar-refractivity contribution is -0.119. The van der Waals surface area contributed by atoms with E-state index in [2.05, 4.69) is 10.4 Å². The van der Waals surface area contributed by atoms with Crippen LogP contribution < -0.4 is 11.1 Å². The van der Waals surface area contributed by atoms with Crippen molar-refractivity contribution < 1.29 is 4.79 Å². The average molecular weight is 307 g/mol. The molecule has 6 heteroatoms. The number of hydrogen-bond acceptors (Lipinski definition) is 3. The summed E-state index contributed by atoms with van der Waals surface area (Å²) in [5.41, 5.74) is 9.55. The van der Waals surface area contributed by atoms with Gasteiger partial charge in [-0.1, -0.05) is 17.7 Å². The summed E-state index contributed by atoms with van der Waals surface area (Å²) in [6.45, 7) is 7.32. The van der Waals surface area contributed by atoms with Gasteiger partial charge in [0.1, 0.15) is 6.04 Å². The molecular weight excluding hydrogens is 288 g/mol. The highest BCUT2D eigenvalue weighted by Crippen LogP contribution is 2.24. The zero-order valence-corrected chi connectivity index (χ0v) is 13.3. The highest BCUT2D eigenvalue weighted by Gasteiger charge is 2.21. The highest BCUT2D eigenvalue weighted by molar-refractivity contribution is 6.31. The first kappa shape index (κ1) is 15.4. The van der Waals surface area contributed by atoms with Crippen molar-refractivity contribution in [2.75, 3.05) is 11.1 Å². The van der Waals surface area contributed by atoms with Crippen molar-refractivity contribution in [2.45, 2.75) is 33.7 Å². The Bertz CT molecular complexity index is 693. The number of nitrogens with one attached hydrogen (secondary N) is 1. The van der Waals surface area contributed by atoms with E-state index in [0.717, 1.165) is 11.3 Å². The second-order valence-corrected chi connectivity index (χ2v) is 5.49. The van der Waals surface area contributed by atoms with E-state index in [1.807, 2.05) is 32.9 Å². The number of amides is 1. The second-order valence-electron chi connectivity index (χ2n) is 5.11. The largest absolute Gasteiger partial charge is 0.398 e. The van der Waals surface area contributed by atoms with E-state index in [9.17, 15) is 4.79 Å². The monoisotopic (exact) mass is 306 g/mol. The fourth-order valence-corrected chi connectivity index (χ4v) is 2.28. The maximum absolute atomic E-state index is 12.4. The average Bonchev–Trinajstić information content (AvgIpc) is 2.70. The van der Waals surface area contributed by atoms with Crippen LogP contribution in [-0.4, -0.2) is 15.7 Å². The molecule has 5 nitrogen and oxygen atoms in total. The Hall–Kier alpha value is -2.01. The number of carbonyl (C=O) groups excluding carboxylic acids is 1. The summed E-state index contributed by atoms with van der Waals surface area (Å²) in [5, 5.41) is 7.79. The summed E-state index contributed by atoms with van der Waals surface area (Å²) in [5.74, 6) is -0.161. The summed E-state index contributed by atoms with van der Waals surface area (Å²) in [6.07, 6.45) is 0. The smallest absolute Gasteiger partial charge is 0.248 e. The van der Waals surface area contributed by atoms with Crippen LogP contribution in [0.3, 0.4) is 0 Å². The number of aromatic nitrogens is 2. The quantitative estimate of drug-likeness (QED) is 0.855. The molecule has 0 saturated carbocycles. The van der Waals surface area contributed by atoms with Gasteiger partial charge in [-0.2, -0.15) is 5.10 Å². The predicted molar refractivity (Wildman–Crippen MR) is 85.6 cm³/mol. The van der Waals surface area contributed by atoms with Gasteiger partial charge in [-0.25, -0.2) is 0 Å². The number of carbonyl (C=O) groups is 1. The third-order valence-corrected chi connectivity index (χ3v) is 4.16. The van der Waals surface area contributed by atoms with Crippen LogP contribution in [0.25, 0.3) is 0 Å². The molecule has 2 aromatic rings. The molecule has 1 aromatic heterocycles. The van der Waals surface area contributed by atoms with Gasteiger partial charge < -0.3 is 11.1 Å². The number of nitrogen functional groups attached to an aromatic ring is 1. The van der Waals surface area contributed by atoms with Gasteiger partial charge in [-0.3, -0.25) is 9.48 Å². The van der Waals surface area contributed by atoms with Gasteiger partial charge in [0.25, 0.3) is 0 Å². The third-order valence-electron chi connectivity index (χ3n) is 3.62. The highest BCUT2D eigenvalue weighted by atomic mass is 35.5. The summed E-state index contributed by atoms with van der Waals surface area (Å²) >= 11 is 6.12. The molecule has 0 fully saturated rings. The molecule has 0 spiro atoms. The SMILES string of the molecule is Cc1nn(C(C)C(=O)Nc2cccc(N)c2C)c(C)c1Cl. The van der Waals surface area contributed by atoms with E-state index in [4.69, 9.17) is 17.3 Å². The van der Waals surface area contributed by atoms with Crippen LogP contribution >= 0.6 is 11.6 Å². The molecule has 1 aromatic carbocycles. The van der Waals surface area contributed by atoms with Crippen molar-refractivity contribution in [3.63, 3.8) is 0 Å². The first-order chi connectivity index (χ1) is 9.82. The molecule has 112 valence electrons. The fourth-order valence-electron chi connectivity index (χ4n) is 2.16. The maximum Gasteiger partial charge on any atom is 0.248 e. The topological polar surface area (TPSA) is 72.9 Å². The Morgan fingerprint density at radius 2 is 2.05 bits per heavy atom. The number of nitrogens with two attached hydrogens (primary N) is 1. The van der Waals surface area contributed by atoms with Crippen molar-refractivity contribution in [3.05, 3.63) is 40.2 Å². The molecule has 1 heterocycles. The van der Waals surface area contributed by atoms with Gasteiger partial charge in [-0.05, 0) is 45.4 Å². The Labute approximate surface area is 129 Å². The van der Waals surface area contributed by atoms with E-state index in [1.54, 1.807) is 17.7 Å². The lowest BCUT2D eigenvalue weighted by Gasteiger charge is -2.16. The zero-order chi connectivity index (χ0) is 15.7. The van der Waals surface area contributed by atoms with Gasteiger partial charge in [-0.15, -0.1) is 0 Å². The molecule has 2 rings (SSSR count). The van der Waals surface area contributed by atoms with Gasteiger partial charge in [0.05, 0.1) is 16.4 Å². The number of nitrogens with zero attached hydrogens (tertiary/aromatic N) is 2. The lowest BCUT2D eigenvalue weighted by atomic mass is 10.1. The molecule has 0 saturated heterocycles. The number of halogens is 1. The molecule has 0 aliphatic heterocycles. The molecule has 0 aliphatic rings. The van der Waals surface area contributed by atoms with Crippen molar-refractivity contribution >= 4 is 28.9 Å².